The van der Waals surface area contributed by atoms with E-state index >= 15 is 0 Å². The number of nitrogens with one attached hydrogen (secondary N) is 1. The van der Waals surface area contributed by atoms with Gasteiger partial charge in [-0.05, 0) is 19.3 Å². The lowest BCUT2D eigenvalue weighted by molar-refractivity contribution is -0.135. The van der Waals surface area contributed by atoms with E-state index in [0.29, 0.717) is 39.0 Å². The maximum absolute atomic E-state index is 12.5. The van der Waals surface area contributed by atoms with Gasteiger partial charge in [0, 0.05) is 57.6 Å². The van der Waals surface area contributed by atoms with E-state index in [9.17, 15) is 14.4 Å². The van der Waals surface area contributed by atoms with Crippen molar-refractivity contribution in [1.29, 1.82) is 0 Å². The van der Waals surface area contributed by atoms with Crippen LogP contribution in [0.3, 0.4) is 0 Å². The molecule has 0 bridgehead atoms. The molecule has 0 unspecified atom stereocenters. The smallest absolute Gasteiger partial charge is 0.236 e. The normalized spacial score (nSPS) is 19.2. The van der Waals surface area contributed by atoms with Crippen molar-refractivity contribution in [3.8, 4) is 0 Å². The van der Waals surface area contributed by atoms with Crippen LogP contribution in [-0.4, -0.2) is 84.8 Å². The maximum atomic E-state index is 12.5. The van der Waals surface area contributed by atoms with Crippen LogP contribution < -0.4 is 5.32 Å². The summed E-state index contributed by atoms with van der Waals surface area (Å²) in [5.74, 6) is 0.391. The van der Waals surface area contributed by atoms with Gasteiger partial charge < -0.3 is 15.1 Å². The van der Waals surface area contributed by atoms with Crippen LogP contribution >= 0.6 is 0 Å². The van der Waals surface area contributed by atoms with Gasteiger partial charge in [-0.3, -0.25) is 19.3 Å². The number of amides is 3. The summed E-state index contributed by atoms with van der Waals surface area (Å²) in [4.78, 5) is 42.8. The largest absolute Gasteiger partial charge is 0.356 e. The van der Waals surface area contributed by atoms with E-state index in [1.54, 1.807) is 0 Å². The number of likely N-dealkylation sites (tertiary alicyclic amines) is 1. The number of nitrogens with zero attached hydrogens (tertiary/aromatic N) is 3. The molecule has 2 aliphatic heterocycles. The quantitative estimate of drug-likeness (QED) is 0.693. The topological polar surface area (TPSA) is 73.0 Å². The molecule has 2 aliphatic rings. The van der Waals surface area contributed by atoms with Crippen molar-refractivity contribution < 1.29 is 14.4 Å². The Balaban J connectivity index is 1.62. The van der Waals surface area contributed by atoms with E-state index < -0.39 is 5.41 Å². The summed E-state index contributed by atoms with van der Waals surface area (Å²) in [5.41, 5.74) is -0.398. The Labute approximate surface area is 169 Å². The van der Waals surface area contributed by atoms with Crippen LogP contribution in [0.25, 0.3) is 0 Å². The second-order valence-electron chi connectivity index (χ2n) is 9.06. The van der Waals surface area contributed by atoms with Crippen LogP contribution in [0, 0.1) is 5.41 Å². The Kier molecular flexibility index (Phi) is 8.73. The van der Waals surface area contributed by atoms with Gasteiger partial charge in [0.15, 0.2) is 0 Å². The highest BCUT2D eigenvalue weighted by molar-refractivity contribution is 5.81. The lowest BCUT2D eigenvalue weighted by Crippen LogP contribution is -2.51. The van der Waals surface area contributed by atoms with Crippen molar-refractivity contribution in [2.75, 3.05) is 52.4 Å². The summed E-state index contributed by atoms with van der Waals surface area (Å²) in [6.07, 6.45) is 5.80. The molecule has 0 aromatic heterocycles. The Morgan fingerprint density at radius 2 is 1.36 bits per heavy atom. The minimum Gasteiger partial charge on any atom is -0.356 e. The van der Waals surface area contributed by atoms with Crippen molar-refractivity contribution in [3.63, 3.8) is 0 Å². The van der Waals surface area contributed by atoms with Crippen LogP contribution in [0.5, 0.6) is 0 Å². The van der Waals surface area contributed by atoms with Crippen LogP contribution in [0.15, 0.2) is 0 Å². The first-order valence-electron chi connectivity index (χ1n) is 10.8. The third-order valence-corrected chi connectivity index (χ3v) is 5.58. The van der Waals surface area contributed by atoms with Gasteiger partial charge in [-0.15, -0.1) is 0 Å². The second kappa shape index (κ2) is 10.8. The number of carbonyl (C=O) groups is 3. The number of piperazine rings is 1. The molecule has 0 aliphatic carbocycles. The molecule has 0 aromatic rings. The Morgan fingerprint density at radius 3 is 1.93 bits per heavy atom. The number of rotatable bonds is 6. The van der Waals surface area contributed by atoms with E-state index in [1.807, 2.05) is 30.6 Å². The molecule has 0 spiro atoms. The zero-order chi connectivity index (χ0) is 20.6. The lowest BCUT2D eigenvalue weighted by atomic mass is 9.96. The highest BCUT2D eigenvalue weighted by Gasteiger charge is 2.25. The Hall–Kier alpha value is -1.63. The van der Waals surface area contributed by atoms with Gasteiger partial charge >= 0.3 is 0 Å². The molecular weight excluding hydrogens is 356 g/mol. The highest BCUT2D eigenvalue weighted by atomic mass is 16.2. The molecule has 2 saturated heterocycles. The summed E-state index contributed by atoms with van der Waals surface area (Å²) in [5, 5.41) is 2.89. The van der Waals surface area contributed by atoms with Gasteiger partial charge in [0.2, 0.25) is 17.7 Å². The van der Waals surface area contributed by atoms with Gasteiger partial charge in [0.25, 0.3) is 0 Å². The molecule has 2 rings (SSSR count). The van der Waals surface area contributed by atoms with E-state index in [0.717, 1.165) is 39.0 Å². The predicted octanol–water partition coefficient (Wildman–Crippen LogP) is 1.48. The van der Waals surface area contributed by atoms with Gasteiger partial charge in [0.05, 0.1) is 6.54 Å². The van der Waals surface area contributed by atoms with E-state index in [-0.39, 0.29) is 17.7 Å². The van der Waals surface area contributed by atoms with Crippen molar-refractivity contribution in [1.82, 2.24) is 20.0 Å². The summed E-state index contributed by atoms with van der Waals surface area (Å²) in [6.45, 7) is 11.3. The highest BCUT2D eigenvalue weighted by Crippen LogP contribution is 2.13. The Morgan fingerprint density at radius 1 is 0.786 bits per heavy atom. The average molecular weight is 395 g/mol. The van der Waals surface area contributed by atoms with Gasteiger partial charge in [-0.2, -0.15) is 0 Å². The first-order valence-corrected chi connectivity index (χ1v) is 10.8. The van der Waals surface area contributed by atoms with Gasteiger partial charge in [0.1, 0.15) is 0 Å². The first kappa shape index (κ1) is 22.7. The number of hydrogen-bond donors (Lipinski definition) is 1. The molecule has 28 heavy (non-hydrogen) atoms. The fraction of sp³-hybridized carbons (Fsp3) is 0.857. The SMILES string of the molecule is CC(C)(C)C(=O)NCCCC(=O)N1CCN(CC(=O)N2CCCCCC2)CC1. The standard InChI is InChI=1S/C21H38N4O3/c1-21(2,3)20(28)22-10-8-9-18(26)25-15-13-23(14-16-25)17-19(27)24-11-6-4-5-7-12-24/h4-17H2,1-3H3,(H,22,28). The van der Waals surface area contributed by atoms with E-state index in [1.165, 1.54) is 12.8 Å². The minimum absolute atomic E-state index is 0.0163. The zero-order valence-corrected chi connectivity index (χ0v) is 18.0. The lowest BCUT2D eigenvalue weighted by Gasteiger charge is -2.35. The summed E-state index contributed by atoms with van der Waals surface area (Å²) in [6, 6.07) is 0. The van der Waals surface area contributed by atoms with Crippen molar-refractivity contribution in [3.05, 3.63) is 0 Å². The molecule has 0 aromatic carbocycles. The van der Waals surface area contributed by atoms with Crippen LogP contribution in [0.4, 0.5) is 0 Å². The molecular formula is C21H38N4O3. The van der Waals surface area contributed by atoms with Crippen LogP contribution in [0.2, 0.25) is 0 Å². The molecule has 0 atom stereocenters. The fourth-order valence-electron chi connectivity index (χ4n) is 3.63. The van der Waals surface area contributed by atoms with E-state index in [2.05, 4.69) is 10.2 Å². The van der Waals surface area contributed by atoms with Crippen molar-refractivity contribution in [2.24, 2.45) is 5.41 Å². The second-order valence-corrected chi connectivity index (χ2v) is 9.06. The predicted molar refractivity (Wildman–Crippen MR) is 110 cm³/mol. The average Bonchev–Trinajstić information content (AvgIpc) is 2.94. The van der Waals surface area contributed by atoms with Crippen molar-refractivity contribution >= 4 is 17.7 Å². The molecule has 1 N–H and O–H groups in total. The third kappa shape index (κ3) is 7.41. The number of carbonyl (C=O) groups excluding carboxylic acids is 3. The Bertz CT molecular complexity index is 528. The van der Waals surface area contributed by atoms with Gasteiger partial charge in [-0.1, -0.05) is 33.6 Å². The fourth-order valence-corrected chi connectivity index (χ4v) is 3.63. The van der Waals surface area contributed by atoms with Crippen molar-refractivity contribution in [2.45, 2.75) is 59.3 Å². The first-order chi connectivity index (χ1) is 13.3. The molecule has 7 nitrogen and oxygen atoms in total. The maximum Gasteiger partial charge on any atom is 0.236 e. The zero-order valence-electron chi connectivity index (χ0n) is 18.0. The number of hydrogen-bond acceptors (Lipinski definition) is 4. The molecule has 0 saturated carbocycles. The summed E-state index contributed by atoms with van der Waals surface area (Å²) >= 11 is 0. The van der Waals surface area contributed by atoms with Crippen LogP contribution in [-0.2, 0) is 14.4 Å². The van der Waals surface area contributed by atoms with Crippen LogP contribution in [0.1, 0.15) is 59.3 Å². The monoisotopic (exact) mass is 394 g/mol. The molecule has 0 radical (unpaired) electrons. The molecule has 2 heterocycles. The molecule has 2 fully saturated rings. The summed E-state index contributed by atoms with van der Waals surface area (Å²) < 4.78 is 0. The third-order valence-electron chi connectivity index (χ3n) is 5.58. The van der Waals surface area contributed by atoms with E-state index in [4.69, 9.17) is 0 Å². The minimum atomic E-state index is -0.398. The molecule has 160 valence electrons. The van der Waals surface area contributed by atoms with Gasteiger partial charge in [-0.25, -0.2) is 0 Å². The molecule has 3 amide bonds. The summed E-state index contributed by atoms with van der Waals surface area (Å²) in [7, 11) is 0. The molecule has 7 heteroatoms.